The maximum Gasteiger partial charge on any atom is 0.338 e. The number of furan rings is 1. The zero-order valence-electron chi connectivity index (χ0n) is 8.83. The Bertz CT molecular complexity index is 680. The maximum absolute atomic E-state index is 11.3. The third-order valence-corrected chi connectivity index (χ3v) is 2.68. The predicted octanol–water partition coefficient (Wildman–Crippen LogP) is 2.90. The largest absolute Gasteiger partial charge is 0.478 e. The molecule has 84 valence electrons. The fourth-order valence-electron chi connectivity index (χ4n) is 1.97. The van der Waals surface area contributed by atoms with Crippen molar-refractivity contribution in [2.24, 2.45) is 0 Å². The molecule has 0 aromatic carbocycles. The van der Waals surface area contributed by atoms with E-state index in [-0.39, 0.29) is 5.56 Å². The molecule has 4 heteroatoms. The van der Waals surface area contributed by atoms with Crippen LogP contribution >= 0.6 is 0 Å². The molecule has 3 aromatic heterocycles. The van der Waals surface area contributed by atoms with Gasteiger partial charge in [0.15, 0.2) is 0 Å². The van der Waals surface area contributed by atoms with Crippen LogP contribution in [0.25, 0.3) is 16.8 Å². The van der Waals surface area contributed by atoms with E-state index < -0.39 is 5.97 Å². The van der Waals surface area contributed by atoms with Crippen LogP contribution in [0.15, 0.2) is 53.4 Å². The molecule has 0 atom stereocenters. The number of hydrogen-bond acceptors (Lipinski definition) is 2. The molecule has 3 heterocycles. The van der Waals surface area contributed by atoms with Crippen molar-refractivity contribution in [1.82, 2.24) is 4.40 Å². The number of hydrogen-bond donors (Lipinski definition) is 1. The first kappa shape index (κ1) is 9.72. The molecule has 0 saturated heterocycles. The van der Waals surface area contributed by atoms with E-state index in [0.29, 0.717) is 16.8 Å². The zero-order chi connectivity index (χ0) is 11.8. The third-order valence-electron chi connectivity index (χ3n) is 2.68. The maximum atomic E-state index is 11.3. The Kier molecular flexibility index (Phi) is 2.01. The first-order valence-electron chi connectivity index (χ1n) is 5.14. The molecule has 0 saturated carbocycles. The van der Waals surface area contributed by atoms with Gasteiger partial charge in [-0.05, 0) is 24.3 Å². The van der Waals surface area contributed by atoms with Crippen LogP contribution in [0.2, 0.25) is 0 Å². The number of aromatic carboxylic acids is 1. The summed E-state index contributed by atoms with van der Waals surface area (Å²) in [5, 5.41) is 9.30. The number of carbonyl (C=O) groups is 1. The molecule has 0 aliphatic heterocycles. The second-order valence-electron chi connectivity index (χ2n) is 3.69. The van der Waals surface area contributed by atoms with Crippen LogP contribution < -0.4 is 0 Å². The van der Waals surface area contributed by atoms with Gasteiger partial charge < -0.3 is 13.9 Å². The van der Waals surface area contributed by atoms with Crippen LogP contribution in [-0.4, -0.2) is 15.5 Å². The number of pyridine rings is 1. The minimum absolute atomic E-state index is 0.264. The standard InChI is InChI=1S/C13H9NO3/c15-13(16)12-9(11-5-3-7-17-11)8-14-6-2-1-4-10(12)14/h1-8H,(H,15,16). The zero-order valence-corrected chi connectivity index (χ0v) is 8.83. The Labute approximate surface area is 96.7 Å². The molecule has 0 amide bonds. The highest BCUT2D eigenvalue weighted by atomic mass is 16.4. The van der Waals surface area contributed by atoms with Crippen molar-refractivity contribution < 1.29 is 14.3 Å². The van der Waals surface area contributed by atoms with E-state index in [1.165, 1.54) is 6.26 Å². The van der Waals surface area contributed by atoms with Gasteiger partial charge in [0.2, 0.25) is 0 Å². The van der Waals surface area contributed by atoms with Crippen LogP contribution in [0.3, 0.4) is 0 Å². The Morgan fingerprint density at radius 1 is 1.24 bits per heavy atom. The van der Waals surface area contributed by atoms with Crippen LogP contribution in [0.5, 0.6) is 0 Å². The molecular weight excluding hydrogens is 218 g/mol. The second kappa shape index (κ2) is 3.52. The van der Waals surface area contributed by atoms with Gasteiger partial charge in [-0.15, -0.1) is 0 Å². The summed E-state index contributed by atoms with van der Waals surface area (Å²) in [7, 11) is 0. The molecule has 0 bridgehead atoms. The topological polar surface area (TPSA) is 54.8 Å². The van der Waals surface area contributed by atoms with Crippen molar-refractivity contribution in [2.45, 2.75) is 0 Å². The van der Waals surface area contributed by atoms with Gasteiger partial charge in [-0.3, -0.25) is 0 Å². The van der Waals surface area contributed by atoms with Gasteiger partial charge >= 0.3 is 5.97 Å². The van der Waals surface area contributed by atoms with Crippen LogP contribution in [0, 0.1) is 0 Å². The highest BCUT2D eigenvalue weighted by Crippen LogP contribution is 2.29. The summed E-state index contributed by atoms with van der Waals surface area (Å²) in [6, 6.07) is 8.93. The van der Waals surface area contributed by atoms with Gasteiger partial charge in [-0.2, -0.15) is 0 Å². The van der Waals surface area contributed by atoms with E-state index in [2.05, 4.69) is 0 Å². The van der Waals surface area contributed by atoms with Gasteiger partial charge in [0, 0.05) is 12.4 Å². The minimum atomic E-state index is -0.954. The highest BCUT2D eigenvalue weighted by molar-refractivity contribution is 6.03. The molecule has 1 N–H and O–H groups in total. The van der Waals surface area contributed by atoms with E-state index in [9.17, 15) is 9.90 Å². The van der Waals surface area contributed by atoms with Gasteiger partial charge in [0.1, 0.15) is 5.76 Å². The van der Waals surface area contributed by atoms with Crippen molar-refractivity contribution in [1.29, 1.82) is 0 Å². The molecule has 0 aliphatic carbocycles. The van der Waals surface area contributed by atoms with Crippen molar-refractivity contribution >= 4 is 11.5 Å². The smallest absolute Gasteiger partial charge is 0.338 e. The van der Waals surface area contributed by atoms with Crippen molar-refractivity contribution in [2.75, 3.05) is 0 Å². The molecule has 3 rings (SSSR count). The Morgan fingerprint density at radius 2 is 2.12 bits per heavy atom. The molecule has 0 spiro atoms. The molecule has 0 radical (unpaired) electrons. The predicted molar refractivity (Wildman–Crippen MR) is 62.1 cm³/mol. The number of fused-ring (bicyclic) bond motifs is 1. The Hall–Kier alpha value is -2.49. The number of nitrogens with zero attached hydrogens (tertiary/aromatic N) is 1. The fourth-order valence-corrected chi connectivity index (χ4v) is 1.97. The van der Waals surface area contributed by atoms with Gasteiger partial charge in [0.25, 0.3) is 0 Å². The van der Waals surface area contributed by atoms with Crippen LogP contribution in [-0.2, 0) is 0 Å². The molecule has 0 unspecified atom stereocenters. The van der Waals surface area contributed by atoms with Crippen molar-refractivity contribution in [3.63, 3.8) is 0 Å². The minimum Gasteiger partial charge on any atom is -0.478 e. The summed E-state index contributed by atoms with van der Waals surface area (Å²) in [5.74, 6) is -0.392. The lowest BCUT2D eigenvalue weighted by Gasteiger charge is -1.96. The van der Waals surface area contributed by atoms with Crippen LogP contribution in [0.4, 0.5) is 0 Å². The molecule has 17 heavy (non-hydrogen) atoms. The molecule has 0 aliphatic rings. The first-order chi connectivity index (χ1) is 8.27. The summed E-state index contributed by atoms with van der Waals surface area (Å²) in [6.45, 7) is 0. The SMILES string of the molecule is O=C(O)c1c(-c2ccco2)cn2ccccc12. The lowest BCUT2D eigenvalue weighted by atomic mass is 10.1. The molecule has 4 nitrogen and oxygen atoms in total. The Morgan fingerprint density at radius 3 is 2.82 bits per heavy atom. The fraction of sp³-hybridized carbons (Fsp3) is 0. The van der Waals surface area contributed by atoms with E-state index >= 15 is 0 Å². The lowest BCUT2D eigenvalue weighted by molar-refractivity contribution is 0.0699. The van der Waals surface area contributed by atoms with Gasteiger partial charge in [0.05, 0.1) is 22.9 Å². The van der Waals surface area contributed by atoms with Crippen molar-refractivity contribution in [3.8, 4) is 11.3 Å². The second-order valence-corrected chi connectivity index (χ2v) is 3.69. The third kappa shape index (κ3) is 1.42. The van der Waals surface area contributed by atoms with Gasteiger partial charge in [-0.25, -0.2) is 4.79 Å². The first-order valence-corrected chi connectivity index (χ1v) is 5.14. The van der Waals surface area contributed by atoms with Gasteiger partial charge in [-0.1, -0.05) is 6.07 Å². The van der Waals surface area contributed by atoms with Crippen molar-refractivity contribution in [3.05, 3.63) is 54.6 Å². The summed E-state index contributed by atoms with van der Waals surface area (Å²) < 4.78 is 7.04. The van der Waals surface area contributed by atoms with E-state index in [1.807, 2.05) is 18.3 Å². The number of aromatic nitrogens is 1. The molecule has 3 aromatic rings. The summed E-state index contributed by atoms with van der Waals surface area (Å²) >= 11 is 0. The summed E-state index contributed by atoms with van der Waals surface area (Å²) in [4.78, 5) is 11.3. The van der Waals surface area contributed by atoms with E-state index in [4.69, 9.17) is 4.42 Å². The average molecular weight is 227 g/mol. The molecule has 0 fully saturated rings. The normalized spacial score (nSPS) is 10.8. The number of carboxylic acids is 1. The quantitative estimate of drug-likeness (QED) is 0.732. The highest BCUT2D eigenvalue weighted by Gasteiger charge is 2.19. The number of carboxylic acid groups (broad SMARTS) is 1. The van der Waals surface area contributed by atoms with E-state index in [1.54, 1.807) is 28.8 Å². The number of rotatable bonds is 2. The van der Waals surface area contributed by atoms with E-state index in [0.717, 1.165) is 0 Å². The Balaban J connectivity index is 2.38. The van der Waals surface area contributed by atoms with Crippen LogP contribution in [0.1, 0.15) is 10.4 Å². The summed E-state index contributed by atoms with van der Waals surface area (Å²) in [6.07, 6.45) is 5.11. The summed E-state index contributed by atoms with van der Waals surface area (Å²) in [5.41, 5.74) is 1.51. The lowest BCUT2D eigenvalue weighted by Crippen LogP contribution is -1.97. The monoisotopic (exact) mass is 227 g/mol. The average Bonchev–Trinajstić information content (AvgIpc) is 2.95. The molecular formula is C13H9NO3.